The van der Waals surface area contributed by atoms with Gasteiger partial charge in [-0.3, -0.25) is 0 Å². The first kappa shape index (κ1) is 12.5. The van der Waals surface area contributed by atoms with Crippen molar-refractivity contribution in [3.05, 3.63) is 59.7 Å². The van der Waals surface area contributed by atoms with Crippen molar-refractivity contribution in [2.75, 3.05) is 11.1 Å². The van der Waals surface area contributed by atoms with Crippen molar-refractivity contribution in [1.29, 1.82) is 0 Å². The molecule has 2 nitrogen and oxygen atoms in total. The minimum absolute atomic E-state index is 0.587. The van der Waals surface area contributed by atoms with Crippen LogP contribution in [0.5, 0.6) is 0 Å². The summed E-state index contributed by atoms with van der Waals surface area (Å²) in [4.78, 5) is 0. The summed E-state index contributed by atoms with van der Waals surface area (Å²) in [5.41, 5.74) is 10.2. The van der Waals surface area contributed by atoms with Gasteiger partial charge in [0.05, 0.1) is 0 Å². The van der Waals surface area contributed by atoms with Gasteiger partial charge < -0.3 is 11.1 Å². The predicted octanol–water partition coefficient (Wildman–Crippen LogP) is 4.00. The molecule has 2 rings (SSSR count). The van der Waals surface area contributed by atoms with E-state index in [1.54, 1.807) is 0 Å². The van der Waals surface area contributed by atoms with Gasteiger partial charge in [0.25, 0.3) is 0 Å². The summed E-state index contributed by atoms with van der Waals surface area (Å²) in [7, 11) is 0. The zero-order valence-electron chi connectivity index (χ0n) is 11.0. The Morgan fingerprint density at radius 3 is 2.11 bits per heavy atom. The van der Waals surface area contributed by atoms with Crippen LogP contribution in [0.25, 0.3) is 0 Å². The van der Waals surface area contributed by atoms with Gasteiger partial charge in [0.15, 0.2) is 0 Å². The van der Waals surface area contributed by atoms with Gasteiger partial charge in [0, 0.05) is 17.9 Å². The highest BCUT2D eigenvalue weighted by Gasteiger charge is 1.99. The van der Waals surface area contributed by atoms with Gasteiger partial charge in [0.2, 0.25) is 0 Å². The van der Waals surface area contributed by atoms with Crippen LogP contribution in [-0.2, 0) is 6.54 Å². The Kier molecular flexibility index (Phi) is 3.88. The van der Waals surface area contributed by atoms with Gasteiger partial charge >= 0.3 is 0 Å². The standard InChI is InChI=1S/C16H20N2/c1-12(2)14-5-3-13(4-6-14)11-18-16-9-7-15(17)8-10-16/h3-10,12,18H,11,17H2,1-2H3. The van der Waals surface area contributed by atoms with Crippen molar-refractivity contribution in [2.45, 2.75) is 26.3 Å². The highest BCUT2D eigenvalue weighted by Crippen LogP contribution is 2.16. The quantitative estimate of drug-likeness (QED) is 0.793. The average Bonchev–Trinajstić information content (AvgIpc) is 2.38. The molecule has 0 heterocycles. The molecule has 0 amide bonds. The Hall–Kier alpha value is -1.96. The van der Waals surface area contributed by atoms with E-state index in [0.717, 1.165) is 17.9 Å². The molecule has 18 heavy (non-hydrogen) atoms. The van der Waals surface area contributed by atoms with Crippen LogP contribution in [0.2, 0.25) is 0 Å². The SMILES string of the molecule is CC(C)c1ccc(CNc2ccc(N)cc2)cc1. The first-order valence-corrected chi connectivity index (χ1v) is 6.33. The van der Waals surface area contributed by atoms with E-state index in [4.69, 9.17) is 5.73 Å². The molecule has 0 fully saturated rings. The second-order valence-corrected chi connectivity index (χ2v) is 4.87. The Morgan fingerprint density at radius 1 is 0.944 bits per heavy atom. The lowest BCUT2D eigenvalue weighted by molar-refractivity contribution is 0.865. The van der Waals surface area contributed by atoms with Crippen LogP contribution in [-0.4, -0.2) is 0 Å². The van der Waals surface area contributed by atoms with Crippen molar-refractivity contribution in [3.8, 4) is 0 Å². The van der Waals surface area contributed by atoms with Crippen LogP contribution >= 0.6 is 0 Å². The Balaban J connectivity index is 1.95. The molecular formula is C16H20N2. The van der Waals surface area contributed by atoms with Gasteiger partial charge in [-0.2, -0.15) is 0 Å². The van der Waals surface area contributed by atoms with Gasteiger partial charge in [-0.25, -0.2) is 0 Å². The van der Waals surface area contributed by atoms with E-state index in [-0.39, 0.29) is 0 Å². The maximum atomic E-state index is 5.65. The average molecular weight is 240 g/mol. The maximum Gasteiger partial charge on any atom is 0.0400 e. The fourth-order valence-corrected chi connectivity index (χ4v) is 1.83. The van der Waals surface area contributed by atoms with Crippen LogP contribution in [0.3, 0.4) is 0 Å². The molecule has 2 heteroatoms. The van der Waals surface area contributed by atoms with Crippen molar-refractivity contribution in [2.24, 2.45) is 0 Å². The van der Waals surface area contributed by atoms with E-state index >= 15 is 0 Å². The summed E-state index contributed by atoms with van der Waals surface area (Å²) < 4.78 is 0. The molecular weight excluding hydrogens is 220 g/mol. The molecule has 2 aromatic carbocycles. The molecule has 0 aromatic heterocycles. The molecule has 0 saturated carbocycles. The number of nitrogens with two attached hydrogens (primary N) is 1. The number of rotatable bonds is 4. The summed E-state index contributed by atoms with van der Waals surface area (Å²) in [6.07, 6.45) is 0. The number of hydrogen-bond acceptors (Lipinski definition) is 2. The predicted molar refractivity (Wildman–Crippen MR) is 78.7 cm³/mol. The number of anilines is 2. The van der Waals surface area contributed by atoms with E-state index in [0.29, 0.717) is 5.92 Å². The molecule has 0 aliphatic carbocycles. The molecule has 0 aliphatic heterocycles. The van der Waals surface area contributed by atoms with Crippen LogP contribution < -0.4 is 11.1 Å². The monoisotopic (exact) mass is 240 g/mol. The largest absolute Gasteiger partial charge is 0.399 e. The van der Waals surface area contributed by atoms with Gasteiger partial charge in [-0.15, -0.1) is 0 Å². The van der Waals surface area contributed by atoms with E-state index < -0.39 is 0 Å². The van der Waals surface area contributed by atoms with E-state index in [1.807, 2.05) is 24.3 Å². The van der Waals surface area contributed by atoms with E-state index in [1.165, 1.54) is 11.1 Å². The highest BCUT2D eigenvalue weighted by atomic mass is 14.9. The van der Waals surface area contributed by atoms with Crippen molar-refractivity contribution < 1.29 is 0 Å². The zero-order valence-corrected chi connectivity index (χ0v) is 11.0. The lowest BCUT2D eigenvalue weighted by Crippen LogP contribution is -1.99. The smallest absolute Gasteiger partial charge is 0.0400 e. The Morgan fingerprint density at radius 2 is 1.56 bits per heavy atom. The third-order valence-electron chi connectivity index (χ3n) is 3.05. The highest BCUT2D eigenvalue weighted by molar-refractivity contribution is 5.51. The molecule has 3 N–H and O–H groups in total. The Labute approximate surface area is 109 Å². The topological polar surface area (TPSA) is 38.0 Å². The first-order chi connectivity index (χ1) is 8.65. The van der Waals surface area contributed by atoms with Gasteiger partial charge in [-0.05, 0) is 41.3 Å². The molecule has 94 valence electrons. The fraction of sp³-hybridized carbons (Fsp3) is 0.250. The first-order valence-electron chi connectivity index (χ1n) is 6.33. The van der Waals surface area contributed by atoms with Crippen LogP contribution in [0, 0.1) is 0 Å². The minimum atomic E-state index is 0.587. The summed E-state index contributed by atoms with van der Waals surface area (Å²) in [5.74, 6) is 0.587. The number of hydrogen-bond donors (Lipinski definition) is 2. The van der Waals surface area contributed by atoms with Gasteiger partial charge in [-0.1, -0.05) is 38.1 Å². The molecule has 0 unspecified atom stereocenters. The zero-order chi connectivity index (χ0) is 13.0. The molecule has 0 bridgehead atoms. The van der Waals surface area contributed by atoms with Crippen LogP contribution in [0.4, 0.5) is 11.4 Å². The van der Waals surface area contributed by atoms with Crippen LogP contribution in [0.15, 0.2) is 48.5 Å². The van der Waals surface area contributed by atoms with E-state index in [2.05, 4.69) is 43.4 Å². The number of benzene rings is 2. The molecule has 2 aromatic rings. The summed E-state index contributed by atoms with van der Waals surface area (Å²) in [5, 5.41) is 3.38. The molecule has 0 spiro atoms. The molecule has 0 aliphatic rings. The third kappa shape index (κ3) is 3.27. The number of nitrogens with one attached hydrogen (secondary N) is 1. The Bertz CT molecular complexity index is 484. The van der Waals surface area contributed by atoms with Gasteiger partial charge in [0.1, 0.15) is 0 Å². The summed E-state index contributed by atoms with van der Waals surface area (Å²) in [6.45, 7) is 5.26. The lowest BCUT2D eigenvalue weighted by atomic mass is 10.0. The number of nitrogen functional groups attached to an aromatic ring is 1. The van der Waals surface area contributed by atoms with Crippen molar-refractivity contribution in [3.63, 3.8) is 0 Å². The molecule has 0 radical (unpaired) electrons. The van der Waals surface area contributed by atoms with Crippen molar-refractivity contribution in [1.82, 2.24) is 0 Å². The normalized spacial score (nSPS) is 10.6. The minimum Gasteiger partial charge on any atom is -0.399 e. The second kappa shape index (κ2) is 5.58. The summed E-state index contributed by atoms with van der Waals surface area (Å²) in [6, 6.07) is 16.6. The fourth-order valence-electron chi connectivity index (χ4n) is 1.83. The lowest BCUT2D eigenvalue weighted by Gasteiger charge is -2.09. The summed E-state index contributed by atoms with van der Waals surface area (Å²) >= 11 is 0. The van der Waals surface area contributed by atoms with E-state index in [9.17, 15) is 0 Å². The molecule has 0 saturated heterocycles. The third-order valence-corrected chi connectivity index (χ3v) is 3.05. The maximum absolute atomic E-state index is 5.65. The second-order valence-electron chi connectivity index (χ2n) is 4.87. The van der Waals surface area contributed by atoms with Crippen molar-refractivity contribution >= 4 is 11.4 Å². The van der Waals surface area contributed by atoms with Crippen LogP contribution in [0.1, 0.15) is 30.9 Å². The molecule has 0 atom stereocenters.